The van der Waals surface area contributed by atoms with E-state index in [0.29, 0.717) is 12.4 Å². The number of benzene rings is 1. The zero-order valence-corrected chi connectivity index (χ0v) is 10.2. The average molecular weight is 257 g/mol. The van der Waals surface area contributed by atoms with Crippen molar-refractivity contribution < 1.29 is 13.9 Å². The van der Waals surface area contributed by atoms with Crippen LogP contribution in [0.25, 0.3) is 0 Å². The Labute approximate surface area is 111 Å². The summed E-state index contributed by atoms with van der Waals surface area (Å²) in [7, 11) is 0. The monoisotopic (exact) mass is 257 g/mol. The predicted molar refractivity (Wildman–Crippen MR) is 69.3 cm³/mol. The molecule has 96 valence electrons. The number of hydrogen-bond donors (Lipinski definition) is 0. The first kappa shape index (κ1) is 12.9. The molecule has 3 nitrogen and oxygen atoms in total. The number of pyridine rings is 1. The Balaban J connectivity index is 2.03. The minimum absolute atomic E-state index is 0.0168. The Morgan fingerprint density at radius 2 is 2.16 bits per heavy atom. The molecule has 0 amide bonds. The number of rotatable bonds is 5. The summed E-state index contributed by atoms with van der Waals surface area (Å²) in [5.74, 6) is 2.41. The van der Waals surface area contributed by atoms with Crippen LogP contribution >= 0.6 is 0 Å². The van der Waals surface area contributed by atoms with Gasteiger partial charge in [0.05, 0.1) is 0 Å². The summed E-state index contributed by atoms with van der Waals surface area (Å²) in [5, 5.41) is 0. The number of aromatic nitrogens is 1. The van der Waals surface area contributed by atoms with Crippen LogP contribution in [0.4, 0.5) is 4.39 Å². The molecule has 0 spiro atoms. The van der Waals surface area contributed by atoms with Crippen molar-refractivity contribution in [1.29, 1.82) is 0 Å². The van der Waals surface area contributed by atoms with Crippen LogP contribution in [0.5, 0.6) is 11.5 Å². The minimum atomic E-state index is -0.469. The highest BCUT2D eigenvalue weighted by Gasteiger charge is 2.05. The van der Waals surface area contributed by atoms with Gasteiger partial charge in [-0.15, -0.1) is 6.42 Å². The topological polar surface area (TPSA) is 31.4 Å². The van der Waals surface area contributed by atoms with Gasteiger partial charge in [0.25, 0.3) is 0 Å². The van der Waals surface area contributed by atoms with Crippen molar-refractivity contribution in [2.45, 2.75) is 6.61 Å². The standard InChI is InChI=1S/C15H12FNO2/c1-2-8-18-15-9-13(5-6-14(15)16)19-11-12-4-3-7-17-10-12/h1,3-7,9-10H,8,11H2. The molecule has 0 saturated carbocycles. The van der Waals surface area contributed by atoms with Crippen LogP contribution in [0.2, 0.25) is 0 Å². The lowest BCUT2D eigenvalue weighted by molar-refractivity contribution is 0.298. The minimum Gasteiger partial charge on any atom is -0.489 e. The maximum Gasteiger partial charge on any atom is 0.165 e. The molecule has 0 fully saturated rings. The lowest BCUT2D eigenvalue weighted by Crippen LogP contribution is -1.99. The van der Waals surface area contributed by atoms with E-state index in [4.69, 9.17) is 15.9 Å². The van der Waals surface area contributed by atoms with Gasteiger partial charge in [-0.3, -0.25) is 4.98 Å². The molecular weight excluding hydrogens is 245 g/mol. The third-order valence-corrected chi connectivity index (χ3v) is 2.34. The summed E-state index contributed by atoms with van der Waals surface area (Å²) in [6.07, 6.45) is 8.46. The molecule has 0 unspecified atom stereocenters. The second kappa shape index (κ2) is 6.41. The fourth-order valence-electron chi connectivity index (χ4n) is 1.45. The van der Waals surface area contributed by atoms with Crippen LogP contribution in [0, 0.1) is 18.2 Å². The van der Waals surface area contributed by atoms with Crippen molar-refractivity contribution in [2.24, 2.45) is 0 Å². The van der Waals surface area contributed by atoms with Gasteiger partial charge < -0.3 is 9.47 Å². The van der Waals surface area contributed by atoms with Gasteiger partial charge in [-0.25, -0.2) is 4.39 Å². The summed E-state index contributed by atoms with van der Waals surface area (Å²) < 4.78 is 24.0. The van der Waals surface area contributed by atoms with Crippen LogP contribution < -0.4 is 9.47 Å². The van der Waals surface area contributed by atoms with E-state index in [-0.39, 0.29) is 12.4 Å². The molecule has 2 rings (SSSR count). The molecule has 0 atom stereocenters. The second-order valence-corrected chi connectivity index (χ2v) is 3.73. The second-order valence-electron chi connectivity index (χ2n) is 3.73. The van der Waals surface area contributed by atoms with Gasteiger partial charge in [0, 0.05) is 24.0 Å². The third kappa shape index (κ3) is 3.71. The molecule has 0 N–H and O–H groups in total. The summed E-state index contributed by atoms with van der Waals surface area (Å²) in [6.45, 7) is 0.372. The van der Waals surface area contributed by atoms with Crippen molar-refractivity contribution in [3.8, 4) is 23.8 Å². The number of hydrogen-bond acceptors (Lipinski definition) is 3. The molecule has 1 aromatic heterocycles. The van der Waals surface area contributed by atoms with Crippen LogP contribution in [0.3, 0.4) is 0 Å². The molecule has 0 bridgehead atoms. The van der Waals surface area contributed by atoms with E-state index in [2.05, 4.69) is 10.9 Å². The Hall–Kier alpha value is -2.54. The molecule has 4 heteroatoms. The van der Waals surface area contributed by atoms with Crippen LogP contribution in [-0.4, -0.2) is 11.6 Å². The lowest BCUT2D eigenvalue weighted by Gasteiger charge is -2.09. The summed E-state index contributed by atoms with van der Waals surface area (Å²) in [6, 6.07) is 8.01. The van der Waals surface area contributed by atoms with Gasteiger partial charge in [-0.2, -0.15) is 0 Å². The summed E-state index contributed by atoms with van der Waals surface area (Å²) in [4.78, 5) is 3.98. The highest BCUT2D eigenvalue weighted by Crippen LogP contribution is 2.24. The molecule has 0 aliphatic rings. The van der Waals surface area contributed by atoms with Crippen molar-refractivity contribution in [1.82, 2.24) is 4.98 Å². The number of ether oxygens (including phenoxy) is 2. The van der Waals surface area contributed by atoms with Crippen LogP contribution in [0.1, 0.15) is 5.56 Å². The quantitative estimate of drug-likeness (QED) is 0.772. The molecule has 0 radical (unpaired) electrons. The molecule has 2 aromatic rings. The van der Waals surface area contributed by atoms with Crippen molar-refractivity contribution >= 4 is 0 Å². The van der Waals surface area contributed by atoms with Crippen LogP contribution in [-0.2, 0) is 6.61 Å². The summed E-state index contributed by atoms with van der Waals surface area (Å²) >= 11 is 0. The molecule has 19 heavy (non-hydrogen) atoms. The fraction of sp³-hybridized carbons (Fsp3) is 0.133. The van der Waals surface area contributed by atoms with E-state index < -0.39 is 5.82 Å². The highest BCUT2D eigenvalue weighted by molar-refractivity contribution is 5.34. The summed E-state index contributed by atoms with van der Waals surface area (Å²) in [5.41, 5.74) is 0.929. The first-order chi connectivity index (χ1) is 9.29. The van der Waals surface area contributed by atoms with E-state index >= 15 is 0 Å². The van der Waals surface area contributed by atoms with E-state index in [0.717, 1.165) is 5.56 Å². The van der Waals surface area contributed by atoms with Gasteiger partial charge in [-0.1, -0.05) is 12.0 Å². The lowest BCUT2D eigenvalue weighted by atomic mass is 10.3. The van der Waals surface area contributed by atoms with Crippen molar-refractivity contribution in [2.75, 3.05) is 6.61 Å². The van der Waals surface area contributed by atoms with E-state index in [1.54, 1.807) is 12.4 Å². The van der Waals surface area contributed by atoms with Gasteiger partial charge in [0.15, 0.2) is 11.6 Å². The first-order valence-corrected chi connectivity index (χ1v) is 5.67. The molecule has 0 aliphatic heterocycles. The smallest absolute Gasteiger partial charge is 0.165 e. The molecule has 1 aromatic carbocycles. The average Bonchev–Trinajstić information content (AvgIpc) is 2.46. The van der Waals surface area contributed by atoms with Crippen LogP contribution in [0.15, 0.2) is 42.7 Å². The van der Waals surface area contributed by atoms with Gasteiger partial charge in [0.2, 0.25) is 0 Å². The van der Waals surface area contributed by atoms with Gasteiger partial charge in [-0.05, 0) is 18.2 Å². The van der Waals surface area contributed by atoms with Crippen molar-refractivity contribution in [3.63, 3.8) is 0 Å². The molecule has 1 heterocycles. The fourth-order valence-corrected chi connectivity index (χ4v) is 1.45. The van der Waals surface area contributed by atoms with Gasteiger partial charge in [0.1, 0.15) is 19.0 Å². The Bertz CT molecular complexity index is 578. The Morgan fingerprint density at radius 1 is 1.26 bits per heavy atom. The third-order valence-electron chi connectivity index (χ3n) is 2.34. The Morgan fingerprint density at radius 3 is 2.89 bits per heavy atom. The zero-order valence-electron chi connectivity index (χ0n) is 10.2. The van der Waals surface area contributed by atoms with E-state index in [9.17, 15) is 4.39 Å². The zero-order chi connectivity index (χ0) is 13.5. The largest absolute Gasteiger partial charge is 0.489 e. The molecule has 0 aliphatic carbocycles. The normalized spacial score (nSPS) is 9.68. The van der Waals surface area contributed by atoms with Crippen molar-refractivity contribution in [3.05, 3.63) is 54.1 Å². The maximum absolute atomic E-state index is 13.4. The SMILES string of the molecule is C#CCOc1cc(OCc2cccnc2)ccc1F. The van der Waals surface area contributed by atoms with E-state index in [1.807, 2.05) is 12.1 Å². The number of terminal acetylenes is 1. The number of halogens is 1. The number of nitrogens with zero attached hydrogens (tertiary/aromatic N) is 1. The van der Waals surface area contributed by atoms with Gasteiger partial charge >= 0.3 is 0 Å². The highest BCUT2D eigenvalue weighted by atomic mass is 19.1. The Kier molecular flexibility index (Phi) is 4.35. The molecule has 0 saturated heterocycles. The first-order valence-electron chi connectivity index (χ1n) is 5.67. The van der Waals surface area contributed by atoms with E-state index in [1.165, 1.54) is 18.2 Å². The molecular formula is C15H12FNO2. The predicted octanol–water partition coefficient (Wildman–Crippen LogP) is 2.81. The maximum atomic E-state index is 13.4.